The third kappa shape index (κ3) is 4.34. The van der Waals surface area contributed by atoms with E-state index in [0.717, 1.165) is 36.0 Å². The molecule has 2 fully saturated rings. The molecule has 2 aliphatic heterocycles. The van der Waals surface area contributed by atoms with Gasteiger partial charge >= 0.3 is 0 Å². The minimum absolute atomic E-state index is 0.355. The minimum Gasteiger partial charge on any atom is -0.496 e. The average molecular weight is 446 g/mol. The van der Waals surface area contributed by atoms with Crippen LogP contribution in [-0.2, 0) is 10.0 Å². The lowest BCUT2D eigenvalue weighted by molar-refractivity contribution is 0.383. The predicted octanol–water partition coefficient (Wildman–Crippen LogP) is 2.60. The molecule has 0 N–H and O–H groups in total. The Morgan fingerprint density at radius 3 is 2.26 bits per heavy atom. The lowest BCUT2D eigenvalue weighted by Gasteiger charge is -2.35. The second-order valence-corrected chi connectivity index (χ2v) is 10.1. The number of ether oxygens (including phenoxy) is 1. The molecule has 1 aromatic heterocycles. The highest BCUT2D eigenvalue weighted by molar-refractivity contribution is 7.89. The molecule has 0 radical (unpaired) electrons. The normalized spacial score (nSPS) is 18.3. The van der Waals surface area contributed by atoms with Crippen molar-refractivity contribution in [3.8, 4) is 5.75 Å². The number of anilines is 2. The van der Waals surface area contributed by atoms with Crippen molar-refractivity contribution in [3.63, 3.8) is 0 Å². The van der Waals surface area contributed by atoms with Gasteiger partial charge in [-0.3, -0.25) is 0 Å². The van der Waals surface area contributed by atoms with Crippen LogP contribution in [0.1, 0.15) is 30.4 Å². The lowest BCUT2D eigenvalue weighted by Crippen LogP contribution is -2.49. The van der Waals surface area contributed by atoms with Crippen molar-refractivity contribution >= 4 is 21.8 Å². The summed E-state index contributed by atoms with van der Waals surface area (Å²) in [5.74, 6) is 2.34. The van der Waals surface area contributed by atoms with Gasteiger partial charge in [0.1, 0.15) is 11.6 Å². The maximum atomic E-state index is 13.3. The monoisotopic (exact) mass is 445 g/mol. The maximum Gasteiger partial charge on any atom is 0.243 e. The van der Waals surface area contributed by atoms with Crippen molar-refractivity contribution < 1.29 is 13.2 Å². The van der Waals surface area contributed by atoms with Crippen LogP contribution >= 0.6 is 0 Å². The van der Waals surface area contributed by atoms with E-state index in [2.05, 4.69) is 14.8 Å². The summed E-state index contributed by atoms with van der Waals surface area (Å²) in [5, 5.41) is 0. The second-order valence-electron chi connectivity index (χ2n) is 8.17. The fourth-order valence-electron chi connectivity index (χ4n) is 4.33. The predicted molar refractivity (Wildman–Crippen MR) is 122 cm³/mol. The fourth-order valence-corrected chi connectivity index (χ4v) is 6.03. The number of methoxy groups -OCH3 is 1. The van der Waals surface area contributed by atoms with Gasteiger partial charge in [-0.05, 0) is 62.4 Å². The van der Waals surface area contributed by atoms with Crippen molar-refractivity contribution in [1.29, 1.82) is 0 Å². The van der Waals surface area contributed by atoms with Crippen molar-refractivity contribution in [1.82, 2.24) is 14.3 Å². The number of aromatic nitrogens is 2. The number of piperazine rings is 1. The van der Waals surface area contributed by atoms with Crippen molar-refractivity contribution in [2.24, 2.45) is 0 Å². The number of hydrogen-bond acceptors (Lipinski definition) is 7. The summed E-state index contributed by atoms with van der Waals surface area (Å²) in [6.45, 7) is 7.77. The third-order valence-electron chi connectivity index (χ3n) is 6.36. The van der Waals surface area contributed by atoms with Crippen LogP contribution in [0, 0.1) is 13.8 Å². The summed E-state index contributed by atoms with van der Waals surface area (Å²) >= 11 is 0. The molecule has 4 rings (SSSR count). The third-order valence-corrected chi connectivity index (χ3v) is 8.40. The molecule has 0 amide bonds. The average Bonchev–Trinajstić information content (AvgIpc) is 2.81. The van der Waals surface area contributed by atoms with Crippen LogP contribution in [0.4, 0.5) is 11.8 Å². The molecule has 2 aromatic rings. The SMILES string of the molecule is COc1ccc(S(=O)(=O)N2CCN(c3ccnc(N4CCCCC4)n3)CC2)c(C)c1C. The molecule has 0 atom stereocenters. The van der Waals surface area contributed by atoms with Crippen LogP contribution in [0.25, 0.3) is 0 Å². The first-order valence-corrected chi connectivity index (χ1v) is 12.3. The molecule has 2 aliphatic rings. The second kappa shape index (κ2) is 9.00. The number of benzene rings is 1. The zero-order valence-electron chi connectivity index (χ0n) is 18.5. The molecule has 0 saturated carbocycles. The van der Waals surface area contributed by atoms with E-state index >= 15 is 0 Å². The van der Waals surface area contributed by atoms with Crippen LogP contribution in [0.15, 0.2) is 29.3 Å². The Morgan fingerprint density at radius 2 is 1.58 bits per heavy atom. The summed E-state index contributed by atoms with van der Waals surface area (Å²) in [6.07, 6.45) is 5.42. The minimum atomic E-state index is -3.56. The Morgan fingerprint density at radius 1 is 0.871 bits per heavy atom. The number of hydrogen-bond donors (Lipinski definition) is 0. The highest BCUT2D eigenvalue weighted by Crippen LogP contribution is 2.29. The summed E-state index contributed by atoms with van der Waals surface area (Å²) in [4.78, 5) is 14.0. The highest BCUT2D eigenvalue weighted by atomic mass is 32.2. The van der Waals surface area contributed by atoms with Crippen molar-refractivity contribution in [2.75, 3.05) is 56.2 Å². The number of rotatable bonds is 5. The highest BCUT2D eigenvalue weighted by Gasteiger charge is 2.31. The summed E-state index contributed by atoms with van der Waals surface area (Å²) in [5.41, 5.74) is 1.59. The van der Waals surface area contributed by atoms with Crippen LogP contribution in [0.5, 0.6) is 5.75 Å². The topological polar surface area (TPSA) is 78.9 Å². The van der Waals surface area contributed by atoms with Gasteiger partial charge in [-0.2, -0.15) is 9.29 Å². The maximum absolute atomic E-state index is 13.3. The quantitative estimate of drug-likeness (QED) is 0.700. The first-order chi connectivity index (χ1) is 14.9. The molecule has 31 heavy (non-hydrogen) atoms. The zero-order chi connectivity index (χ0) is 22.0. The number of piperidine rings is 1. The van der Waals surface area contributed by atoms with Gasteiger partial charge in [-0.15, -0.1) is 0 Å². The van der Waals surface area contributed by atoms with Crippen LogP contribution in [0.3, 0.4) is 0 Å². The van der Waals surface area contributed by atoms with Crippen molar-refractivity contribution in [2.45, 2.75) is 38.0 Å². The van der Waals surface area contributed by atoms with E-state index < -0.39 is 10.0 Å². The fraction of sp³-hybridized carbons (Fsp3) is 0.545. The van der Waals surface area contributed by atoms with Crippen LogP contribution in [-0.4, -0.2) is 69.1 Å². The molecule has 0 unspecified atom stereocenters. The molecule has 2 saturated heterocycles. The zero-order valence-corrected chi connectivity index (χ0v) is 19.4. The van der Waals surface area contributed by atoms with Gasteiger partial charge in [-0.25, -0.2) is 13.4 Å². The molecule has 0 aliphatic carbocycles. The van der Waals surface area contributed by atoms with Gasteiger partial charge in [-0.1, -0.05) is 0 Å². The molecule has 3 heterocycles. The number of sulfonamides is 1. The van der Waals surface area contributed by atoms with Gasteiger partial charge in [0.15, 0.2) is 0 Å². The van der Waals surface area contributed by atoms with Gasteiger partial charge < -0.3 is 14.5 Å². The van der Waals surface area contributed by atoms with Gasteiger partial charge in [0.25, 0.3) is 0 Å². The smallest absolute Gasteiger partial charge is 0.243 e. The molecule has 8 nitrogen and oxygen atoms in total. The van der Waals surface area contributed by atoms with Crippen LogP contribution in [0.2, 0.25) is 0 Å². The molecule has 0 bridgehead atoms. The Kier molecular flexibility index (Phi) is 6.34. The first kappa shape index (κ1) is 21.8. The van der Waals surface area contributed by atoms with E-state index in [1.807, 2.05) is 19.9 Å². The summed E-state index contributed by atoms with van der Waals surface area (Å²) in [7, 11) is -1.96. The Balaban J connectivity index is 1.47. The Labute approximate surface area is 184 Å². The Hall–Kier alpha value is -2.39. The van der Waals surface area contributed by atoms with E-state index in [0.29, 0.717) is 36.8 Å². The lowest BCUT2D eigenvalue weighted by atomic mass is 10.1. The summed E-state index contributed by atoms with van der Waals surface area (Å²) < 4.78 is 33.5. The summed E-state index contributed by atoms with van der Waals surface area (Å²) in [6, 6.07) is 5.29. The van der Waals surface area contributed by atoms with E-state index in [-0.39, 0.29) is 0 Å². The van der Waals surface area contributed by atoms with E-state index in [1.165, 1.54) is 19.3 Å². The largest absolute Gasteiger partial charge is 0.496 e. The standard InChI is InChI=1S/C22H31N5O3S/c1-17-18(2)20(8-7-19(17)30-3)31(28,29)27-15-13-25(14-16-27)21-9-10-23-22(24-21)26-11-5-4-6-12-26/h7-10H,4-6,11-16H2,1-3H3. The first-order valence-electron chi connectivity index (χ1n) is 10.9. The molecular formula is C22H31N5O3S. The van der Waals surface area contributed by atoms with Gasteiger partial charge in [0.05, 0.1) is 12.0 Å². The molecule has 168 valence electrons. The molecule has 9 heteroatoms. The Bertz CT molecular complexity index is 1030. The van der Waals surface area contributed by atoms with Gasteiger partial charge in [0.2, 0.25) is 16.0 Å². The van der Waals surface area contributed by atoms with E-state index in [1.54, 1.807) is 29.7 Å². The molecule has 0 spiro atoms. The molecular weight excluding hydrogens is 414 g/mol. The van der Waals surface area contributed by atoms with Gasteiger partial charge in [0, 0.05) is 45.5 Å². The van der Waals surface area contributed by atoms with E-state index in [4.69, 9.17) is 9.72 Å². The molecule has 1 aromatic carbocycles. The van der Waals surface area contributed by atoms with Crippen LogP contribution < -0.4 is 14.5 Å². The van der Waals surface area contributed by atoms with Crippen molar-refractivity contribution in [3.05, 3.63) is 35.5 Å². The van der Waals surface area contributed by atoms with E-state index in [9.17, 15) is 8.42 Å². The number of nitrogens with zero attached hydrogens (tertiary/aromatic N) is 5.